The Morgan fingerprint density at radius 2 is 1.03 bits per heavy atom. The van der Waals surface area contributed by atoms with Crippen molar-refractivity contribution >= 4 is 68.3 Å². The molecule has 0 aromatic heterocycles. The molecule has 0 fully saturated rings. The summed E-state index contributed by atoms with van der Waals surface area (Å²) < 4.78 is 0.0899. The molecule has 0 heterocycles. The average Bonchev–Trinajstić information content (AvgIpc) is 2.78. The van der Waals surface area contributed by atoms with Gasteiger partial charge in [-0.2, -0.15) is 0 Å². The van der Waals surface area contributed by atoms with Gasteiger partial charge in [-0.3, -0.25) is 0 Å². The van der Waals surface area contributed by atoms with E-state index < -0.39 is 0 Å². The van der Waals surface area contributed by atoms with Crippen LogP contribution in [0, 0.1) is 0 Å². The van der Waals surface area contributed by atoms with Crippen LogP contribution in [-0.2, 0) is 0 Å². The molecule has 0 aliphatic carbocycles. The molecule has 0 atom stereocenters. The van der Waals surface area contributed by atoms with Crippen LogP contribution in [0.25, 0.3) is 21.5 Å². The summed E-state index contributed by atoms with van der Waals surface area (Å²) in [5.41, 5.74) is 1.07. The summed E-state index contributed by atoms with van der Waals surface area (Å²) >= 11 is 16.4. The molecule has 0 N–H and O–H groups in total. The largest absolute Gasteiger partial charge is 0.106 e. The van der Waals surface area contributed by atoms with E-state index in [1.807, 2.05) is 41.7 Å². The van der Waals surface area contributed by atoms with Crippen LogP contribution in [-0.4, -0.2) is 0 Å². The lowest BCUT2D eigenvalue weighted by Crippen LogP contribution is -1.92. The maximum absolute atomic E-state index is 6.64. The van der Waals surface area contributed by atoms with Gasteiger partial charge < -0.3 is 0 Å². The maximum Gasteiger partial charge on any atom is 0.0860 e. The summed E-state index contributed by atoms with van der Waals surface area (Å²) in [4.78, 5) is 2.42. The van der Waals surface area contributed by atoms with E-state index in [9.17, 15) is 0 Å². The summed E-state index contributed by atoms with van der Waals surface area (Å²) in [5, 5.41) is 6.32. The van der Waals surface area contributed by atoms with Crippen LogP contribution < -0.4 is 0 Å². The lowest BCUT2D eigenvalue weighted by atomic mass is 10.1. The van der Waals surface area contributed by atoms with Gasteiger partial charge >= 0.3 is 0 Å². The third-order valence-electron chi connectivity index (χ3n) is 5.14. The van der Waals surface area contributed by atoms with E-state index in [-0.39, 0.29) is 4.58 Å². The zero-order valence-corrected chi connectivity index (χ0v) is 19.6. The number of halogens is 2. The van der Waals surface area contributed by atoms with E-state index in [0.717, 1.165) is 5.56 Å². The lowest BCUT2D eigenvalue weighted by Gasteiger charge is -2.19. The zero-order valence-electron chi connectivity index (χ0n) is 16.5. The van der Waals surface area contributed by atoms with Crippen LogP contribution >= 0.6 is 46.7 Å². The molecule has 0 aliphatic heterocycles. The van der Waals surface area contributed by atoms with E-state index in [1.165, 1.54) is 31.3 Å². The smallest absolute Gasteiger partial charge is 0.0860 e. The monoisotopic (exact) mass is 476 g/mol. The van der Waals surface area contributed by atoms with Crippen molar-refractivity contribution in [3.63, 3.8) is 0 Å². The Kier molecular flexibility index (Phi) is 6.15. The third-order valence-corrected chi connectivity index (χ3v) is 8.27. The van der Waals surface area contributed by atoms with Crippen molar-refractivity contribution in [1.29, 1.82) is 0 Å². The topological polar surface area (TPSA) is 0 Å². The highest BCUT2D eigenvalue weighted by Crippen LogP contribution is 2.50. The fraction of sp³-hybridized carbons (Fsp3) is 0.0370. The molecule has 31 heavy (non-hydrogen) atoms. The molecule has 0 amide bonds. The molecular formula is C27H18Cl2S2. The SMILES string of the molecule is Clc1ccc(C(Sc2ccc3ccccc3c2)Sc2ccc3ccccc3c2)c(Cl)c1. The molecule has 0 spiro atoms. The maximum atomic E-state index is 6.64. The van der Waals surface area contributed by atoms with E-state index in [4.69, 9.17) is 23.2 Å². The van der Waals surface area contributed by atoms with Gasteiger partial charge in [0.1, 0.15) is 0 Å². The van der Waals surface area contributed by atoms with E-state index in [0.29, 0.717) is 10.0 Å². The standard InChI is InChI=1S/C27H18Cl2S2/c28-22-11-14-25(26(29)17-22)27(30-23-12-9-18-5-1-3-7-20(18)15-23)31-24-13-10-19-6-2-4-8-21(19)16-24/h1-17,27H. The van der Waals surface area contributed by atoms with Gasteiger partial charge in [-0.15, -0.1) is 23.5 Å². The lowest BCUT2D eigenvalue weighted by molar-refractivity contribution is 1.34. The molecule has 4 heteroatoms. The van der Waals surface area contributed by atoms with Gasteiger partial charge in [0.25, 0.3) is 0 Å². The zero-order chi connectivity index (χ0) is 21.2. The second-order valence-corrected chi connectivity index (χ2v) is 10.8. The van der Waals surface area contributed by atoms with Crippen LogP contribution in [0.2, 0.25) is 10.0 Å². The Hall–Kier alpha value is -2.10. The van der Waals surface area contributed by atoms with Crippen LogP contribution in [0.1, 0.15) is 10.1 Å². The highest BCUT2D eigenvalue weighted by molar-refractivity contribution is 8.16. The number of hydrogen-bond acceptors (Lipinski definition) is 2. The Morgan fingerprint density at radius 3 is 1.55 bits per heavy atom. The molecule has 0 nitrogen and oxygen atoms in total. The van der Waals surface area contributed by atoms with Gasteiger partial charge in [0.05, 0.1) is 4.58 Å². The molecule has 5 aromatic rings. The first-order valence-corrected chi connectivity index (χ1v) is 12.4. The van der Waals surface area contributed by atoms with Crippen molar-refractivity contribution in [2.24, 2.45) is 0 Å². The number of thioether (sulfide) groups is 2. The van der Waals surface area contributed by atoms with E-state index in [2.05, 4.69) is 84.9 Å². The summed E-state index contributed by atoms with van der Waals surface area (Å²) in [5.74, 6) is 0. The van der Waals surface area contributed by atoms with Crippen LogP contribution in [0.15, 0.2) is 113 Å². The Bertz CT molecular complexity index is 1300. The van der Waals surface area contributed by atoms with Crippen LogP contribution in [0.3, 0.4) is 0 Å². The van der Waals surface area contributed by atoms with Gasteiger partial charge in [0.15, 0.2) is 0 Å². The molecule has 0 unspecified atom stereocenters. The van der Waals surface area contributed by atoms with Crippen molar-refractivity contribution in [3.05, 3.63) is 119 Å². The molecule has 5 rings (SSSR count). The van der Waals surface area contributed by atoms with Crippen molar-refractivity contribution in [1.82, 2.24) is 0 Å². The first kappa shape index (κ1) is 20.8. The second kappa shape index (κ2) is 9.18. The normalized spacial score (nSPS) is 11.5. The minimum atomic E-state index is 0.0899. The first-order chi connectivity index (χ1) is 15.2. The Labute approximate surface area is 200 Å². The Balaban J connectivity index is 1.52. The second-order valence-electron chi connectivity index (χ2n) is 7.25. The fourth-order valence-electron chi connectivity index (χ4n) is 3.57. The van der Waals surface area contributed by atoms with Crippen molar-refractivity contribution in [2.75, 3.05) is 0 Å². The predicted octanol–water partition coefficient (Wildman–Crippen LogP) is 9.88. The van der Waals surface area contributed by atoms with Gasteiger partial charge in [-0.05, 0) is 63.5 Å². The molecule has 0 saturated carbocycles. The van der Waals surface area contributed by atoms with E-state index in [1.54, 1.807) is 0 Å². The summed E-state index contributed by atoms with van der Waals surface area (Å²) in [6.45, 7) is 0. The van der Waals surface area contributed by atoms with E-state index >= 15 is 0 Å². The van der Waals surface area contributed by atoms with Crippen molar-refractivity contribution < 1.29 is 0 Å². The highest BCUT2D eigenvalue weighted by atomic mass is 35.5. The molecular weight excluding hydrogens is 459 g/mol. The van der Waals surface area contributed by atoms with Gasteiger partial charge in [0.2, 0.25) is 0 Å². The summed E-state index contributed by atoms with van der Waals surface area (Å²) in [6, 6.07) is 35.9. The summed E-state index contributed by atoms with van der Waals surface area (Å²) in [7, 11) is 0. The molecule has 0 bridgehead atoms. The number of fused-ring (bicyclic) bond motifs is 2. The minimum absolute atomic E-state index is 0.0899. The highest BCUT2D eigenvalue weighted by Gasteiger charge is 2.19. The summed E-state index contributed by atoms with van der Waals surface area (Å²) in [6.07, 6.45) is 0. The quantitative estimate of drug-likeness (QED) is 0.182. The fourth-order valence-corrected chi connectivity index (χ4v) is 6.92. The molecule has 0 saturated heterocycles. The first-order valence-electron chi connectivity index (χ1n) is 9.92. The van der Waals surface area contributed by atoms with Crippen LogP contribution in [0.4, 0.5) is 0 Å². The number of rotatable bonds is 5. The predicted molar refractivity (Wildman–Crippen MR) is 139 cm³/mol. The molecule has 0 radical (unpaired) electrons. The number of benzene rings is 5. The Morgan fingerprint density at radius 1 is 0.516 bits per heavy atom. The third kappa shape index (κ3) is 4.73. The molecule has 5 aromatic carbocycles. The minimum Gasteiger partial charge on any atom is -0.106 e. The molecule has 0 aliphatic rings. The van der Waals surface area contributed by atoms with Crippen molar-refractivity contribution in [2.45, 2.75) is 14.4 Å². The van der Waals surface area contributed by atoms with Crippen molar-refractivity contribution in [3.8, 4) is 0 Å². The van der Waals surface area contributed by atoms with Gasteiger partial charge in [0, 0.05) is 19.8 Å². The van der Waals surface area contributed by atoms with Gasteiger partial charge in [-0.25, -0.2) is 0 Å². The molecule has 152 valence electrons. The average molecular weight is 477 g/mol. The van der Waals surface area contributed by atoms with Gasteiger partial charge in [-0.1, -0.05) is 89.9 Å². The van der Waals surface area contributed by atoms with Crippen LogP contribution in [0.5, 0.6) is 0 Å². The number of hydrogen-bond donors (Lipinski definition) is 0.